The second-order valence-electron chi connectivity index (χ2n) is 7.02. The molecule has 0 radical (unpaired) electrons. The Labute approximate surface area is 140 Å². The number of fused-ring (bicyclic) bond motifs is 1. The number of hydrogen-bond acceptors (Lipinski definition) is 6. The van der Waals surface area contributed by atoms with Crippen LogP contribution in [0.4, 0.5) is 5.82 Å². The largest absolute Gasteiger partial charge is 0.394 e. The number of rotatable bonds is 2. The molecule has 0 saturated carbocycles. The highest BCUT2D eigenvalue weighted by Crippen LogP contribution is 2.33. The van der Waals surface area contributed by atoms with Crippen LogP contribution in [0.1, 0.15) is 39.0 Å². The number of nitrogen functional groups attached to an aromatic ring is 1. The Kier molecular flexibility index (Phi) is 4.22. The number of ether oxygens (including phenoxy) is 1. The molecular formula is C17H22N4O3. The molecule has 1 aliphatic rings. The van der Waals surface area contributed by atoms with E-state index in [9.17, 15) is 10.2 Å². The molecule has 0 bridgehead atoms. The summed E-state index contributed by atoms with van der Waals surface area (Å²) in [5.74, 6) is 6.69. The zero-order valence-electron chi connectivity index (χ0n) is 14.0. The standard InChI is InChI=1S/C17H22N4O3/c1-17(2,3)5-4-10-7-21(13-6-11(23)12(8-22)24-13)16-14(10)15(18)19-9-20-16/h7,9,11-13,22-23H,6,8H2,1-3H3,(H2,18,19,20)/t11-,12+,13+/m0/s1. The van der Waals surface area contributed by atoms with E-state index in [1.165, 1.54) is 6.33 Å². The summed E-state index contributed by atoms with van der Waals surface area (Å²) in [5, 5.41) is 19.9. The molecular weight excluding hydrogens is 308 g/mol. The molecule has 3 heterocycles. The van der Waals surface area contributed by atoms with E-state index >= 15 is 0 Å². The summed E-state index contributed by atoms with van der Waals surface area (Å²) in [4.78, 5) is 8.36. The molecule has 2 aromatic rings. The molecule has 7 heteroatoms. The van der Waals surface area contributed by atoms with Crippen LogP contribution in [0.3, 0.4) is 0 Å². The number of aliphatic hydroxyl groups is 2. The van der Waals surface area contributed by atoms with Gasteiger partial charge in [0.15, 0.2) is 0 Å². The van der Waals surface area contributed by atoms with Gasteiger partial charge in [0.05, 0.1) is 23.7 Å². The zero-order valence-corrected chi connectivity index (χ0v) is 14.0. The molecule has 0 amide bonds. The van der Waals surface area contributed by atoms with E-state index in [1.54, 1.807) is 4.57 Å². The Morgan fingerprint density at radius 1 is 1.42 bits per heavy atom. The normalized spacial score (nSPS) is 24.1. The van der Waals surface area contributed by atoms with Gasteiger partial charge in [0.1, 0.15) is 30.1 Å². The first kappa shape index (κ1) is 16.7. The van der Waals surface area contributed by atoms with Gasteiger partial charge in [-0.3, -0.25) is 0 Å². The third-order valence-electron chi connectivity index (χ3n) is 3.91. The summed E-state index contributed by atoms with van der Waals surface area (Å²) in [6.45, 7) is 5.86. The third kappa shape index (κ3) is 3.08. The average Bonchev–Trinajstić information content (AvgIpc) is 3.05. The van der Waals surface area contributed by atoms with Crippen LogP contribution in [0.2, 0.25) is 0 Å². The van der Waals surface area contributed by atoms with Crippen LogP contribution in [-0.4, -0.2) is 43.6 Å². The van der Waals surface area contributed by atoms with Crippen LogP contribution in [0.25, 0.3) is 11.0 Å². The van der Waals surface area contributed by atoms with E-state index in [2.05, 4.69) is 21.8 Å². The molecule has 1 saturated heterocycles. The molecule has 3 rings (SSSR count). The molecule has 4 N–H and O–H groups in total. The topological polar surface area (TPSA) is 106 Å². The van der Waals surface area contributed by atoms with Crippen LogP contribution in [0.5, 0.6) is 0 Å². The number of aromatic nitrogens is 3. The summed E-state index contributed by atoms with van der Waals surface area (Å²) in [5.41, 5.74) is 7.21. The van der Waals surface area contributed by atoms with Gasteiger partial charge in [-0.25, -0.2) is 9.97 Å². The van der Waals surface area contributed by atoms with E-state index in [4.69, 9.17) is 10.5 Å². The molecule has 0 spiro atoms. The Hall–Kier alpha value is -2.14. The van der Waals surface area contributed by atoms with Crippen molar-refractivity contribution < 1.29 is 14.9 Å². The first-order chi connectivity index (χ1) is 11.3. The van der Waals surface area contributed by atoms with E-state index < -0.39 is 18.4 Å². The summed E-state index contributed by atoms with van der Waals surface area (Å²) >= 11 is 0. The fraction of sp³-hybridized carbons (Fsp3) is 0.529. The van der Waals surface area contributed by atoms with E-state index in [1.807, 2.05) is 27.0 Å². The van der Waals surface area contributed by atoms with Crippen LogP contribution in [0, 0.1) is 17.3 Å². The molecule has 24 heavy (non-hydrogen) atoms. The third-order valence-corrected chi connectivity index (χ3v) is 3.91. The molecule has 3 atom stereocenters. The van der Waals surface area contributed by atoms with Crippen molar-refractivity contribution in [2.75, 3.05) is 12.3 Å². The number of anilines is 1. The molecule has 128 valence electrons. The number of aliphatic hydroxyl groups excluding tert-OH is 2. The van der Waals surface area contributed by atoms with Crippen molar-refractivity contribution in [3.8, 4) is 11.8 Å². The van der Waals surface area contributed by atoms with Crippen molar-refractivity contribution >= 4 is 16.9 Å². The predicted octanol–water partition coefficient (Wildman–Crippen LogP) is 1.05. The highest BCUT2D eigenvalue weighted by Gasteiger charge is 2.35. The Morgan fingerprint density at radius 2 is 2.17 bits per heavy atom. The minimum absolute atomic E-state index is 0.152. The molecule has 0 aliphatic carbocycles. The smallest absolute Gasteiger partial charge is 0.148 e. The van der Waals surface area contributed by atoms with Gasteiger partial charge >= 0.3 is 0 Å². The lowest BCUT2D eigenvalue weighted by Gasteiger charge is -2.14. The second kappa shape index (κ2) is 6.06. The average molecular weight is 330 g/mol. The number of nitrogens with zero attached hydrogens (tertiary/aromatic N) is 3. The van der Waals surface area contributed by atoms with Crippen molar-refractivity contribution in [1.29, 1.82) is 0 Å². The zero-order chi connectivity index (χ0) is 17.5. The van der Waals surface area contributed by atoms with Crippen molar-refractivity contribution in [2.45, 2.75) is 45.6 Å². The first-order valence-electron chi connectivity index (χ1n) is 7.88. The summed E-state index contributed by atoms with van der Waals surface area (Å²) in [6.07, 6.45) is 1.83. The fourth-order valence-electron chi connectivity index (χ4n) is 2.73. The van der Waals surface area contributed by atoms with Gasteiger partial charge in [-0.05, 0) is 20.8 Å². The van der Waals surface area contributed by atoms with Crippen LogP contribution in [-0.2, 0) is 4.74 Å². The van der Waals surface area contributed by atoms with Crippen molar-refractivity contribution in [2.24, 2.45) is 5.41 Å². The van der Waals surface area contributed by atoms with Gasteiger partial charge < -0.3 is 25.3 Å². The van der Waals surface area contributed by atoms with Gasteiger partial charge in [-0.15, -0.1) is 0 Å². The monoisotopic (exact) mass is 330 g/mol. The highest BCUT2D eigenvalue weighted by molar-refractivity contribution is 5.92. The van der Waals surface area contributed by atoms with Crippen molar-refractivity contribution in [3.63, 3.8) is 0 Å². The van der Waals surface area contributed by atoms with Crippen molar-refractivity contribution in [1.82, 2.24) is 14.5 Å². The van der Waals surface area contributed by atoms with E-state index in [0.717, 1.165) is 5.56 Å². The van der Waals surface area contributed by atoms with Gasteiger partial charge in [-0.1, -0.05) is 11.8 Å². The van der Waals surface area contributed by atoms with Gasteiger partial charge in [0.25, 0.3) is 0 Å². The fourth-order valence-corrected chi connectivity index (χ4v) is 2.73. The maximum Gasteiger partial charge on any atom is 0.148 e. The van der Waals surface area contributed by atoms with Crippen LogP contribution >= 0.6 is 0 Å². The molecule has 0 aromatic carbocycles. The maximum absolute atomic E-state index is 9.98. The second-order valence-corrected chi connectivity index (χ2v) is 7.02. The molecule has 1 aliphatic heterocycles. The van der Waals surface area contributed by atoms with E-state index in [-0.39, 0.29) is 12.0 Å². The molecule has 7 nitrogen and oxygen atoms in total. The number of nitrogens with two attached hydrogens (primary N) is 1. The summed E-state index contributed by atoms with van der Waals surface area (Å²) < 4.78 is 7.53. The van der Waals surface area contributed by atoms with Gasteiger partial charge in [0, 0.05) is 18.0 Å². The Balaban J connectivity index is 2.10. The van der Waals surface area contributed by atoms with Crippen LogP contribution in [0.15, 0.2) is 12.5 Å². The lowest BCUT2D eigenvalue weighted by Crippen LogP contribution is -2.24. The van der Waals surface area contributed by atoms with Gasteiger partial charge in [-0.2, -0.15) is 0 Å². The van der Waals surface area contributed by atoms with E-state index in [0.29, 0.717) is 23.3 Å². The Bertz CT molecular complexity index is 813. The molecule has 0 unspecified atom stereocenters. The highest BCUT2D eigenvalue weighted by atomic mass is 16.5. The minimum atomic E-state index is -0.722. The molecule has 2 aromatic heterocycles. The summed E-state index contributed by atoms with van der Waals surface area (Å²) in [6, 6.07) is 0. The molecule has 1 fully saturated rings. The minimum Gasteiger partial charge on any atom is -0.394 e. The van der Waals surface area contributed by atoms with Crippen molar-refractivity contribution in [3.05, 3.63) is 18.1 Å². The Morgan fingerprint density at radius 3 is 2.79 bits per heavy atom. The van der Waals surface area contributed by atoms with Gasteiger partial charge in [0.2, 0.25) is 0 Å². The first-order valence-corrected chi connectivity index (χ1v) is 7.88. The lowest BCUT2D eigenvalue weighted by molar-refractivity contribution is -0.0430. The predicted molar refractivity (Wildman–Crippen MR) is 89.9 cm³/mol. The maximum atomic E-state index is 9.98. The number of hydrogen-bond donors (Lipinski definition) is 3. The van der Waals surface area contributed by atoms with Crippen LogP contribution < -0.4 is 5.73 Å². The summed E-state index contributed by atoms with van der Waals surface area (Å²) in [7, 11) is 0. The lowest BCUT2D eigenvalue weighted by atomic mass is 9.97. The SMILES string of the molecule is CC(C)(C)C#Cc1cn([C@H]2C[C@H](O)[C@@H](CO)O2)c2ncnc(N)c12. The quantitative estimate of drug-likeness (QED) is 0.711.